The average molecular weight is 350 g/mol. The van der Waals surface area contributed by atoms with E-state index in [2.05, 4.69) is 20.8 Å². The standard InChI is InChI=1S/C14H18N6O3S/c1-19(24(2,22)23)9-13(21)15-11-5-3-10(4-6-11)14-16-17-18-20(14)12-7-8-12/h3-6,12H,7-9H2,1-2H3,(H,15,21). The van der Waals surface area contributed by atoms with Crippen LogP contribution in [-0.4, -0.2) is 58.7 Å². The van der Waals surface area contributed by atoms with Gasteiger partial charge in [-0.25, -0.2) is 13.1 Å². The lowest BCUT2D eigenvalue weighted by Crippen LogP contribution is -2.34. The van der Waals surface area contributed by atoms with Gasteiger partial charge in [-0.2, -0.15) is 4.31 Å². The number of hydrogen-bond acceptors (Lipinski definition) is 6. The number of likely N-dealkylation sites (N-methyl/N-ethyl adjacent to an activating group) is 1. The molecule has 0 spiro atoms. The molecule has 3 rings (SSSR count). The van der Waals surface area contributed by atoms with Gasteiger partial charge in [-0.15, -0.1) is 5.10 Å². The second-order valence-corrected chi connectivity index (χ2v) is 7.91. The number of amides is 1. The van der Waals surface area contributed by atoms with E-state index in [0.29, 0.717) is 17.6 Å². The van der Waals surface area contributed by atoms with Crippen LogP contribution in [0.5, 0.6) is 0 Å². The Labute approximate surface area is 139 Å². The van der Waals surface area contributed by atoms with E-state index in [9.17, 15) is 13.2 Å². The molecule has 1 aliphatic rings. The van der Waals surface area contributed by atoms with Crippen LogP contribution in [0.3, 0.4) is 0 Å². The van der Waals surface area contributed by atoms with Crippen molar-refractivity contribution in [3.63, 3.8) is 0 Å². The normalized spacial score (nSPS) is 14.8. The van der Waals surface area contributed by atoms with E-state index < -0.39 is 15.9 Å². The third-order valence-corrected chi connectivity index (χ3v) is 5.01. The summed E-state index contributed by atoms with van der Waals surface area (Å²) < 4.78 is 25.4. The third-order valence-electron chi connectivity index (χ3n) is 3.74. The van der Waals surface area contributed by atoms with Crippen LogP contribution in [0.1, 0.15) is 18.9 Å². The van der Waals surface area contributed by atoms with E-state index in [-0.39, 0.29) is 6.54 Å². The molecule has 0 radical (unpaired) electrons. The molecule has 0 aliphatic heterocycles. The second kappa shape index (κ2) is 6.29. The first-order valence-corrected chi connectivity index (χ1v) is 9.29. The molecule has 1 saturated carbocycles. The van der Waals surface area contributed by atoms with Gasteiger partial charge in [-0.1, -0.05) is 0 Å². The van der Waals surface area contributed by atoms with Crippen LogP contribution < -0.4 is 5.32 Å². The molecule has 0 bridgehead atoms. The van der Waals surface area contributed by atoms with Crippen molar-refractivity contribution >= 4 is 21.6 Å². The molecule has 2 aromatic rings. The fourth-order valence-corrected chi connectivity index (χ4v) is 2.52. The number of tetrazole rings is 1. The number of carbonyl (C=O) groups is 1. The van der Waals surface area contributed by atoms with Crippen LogP contribution in [0.4, 0.5) is 5.69 Å². The van der Waals surface area contributed by atoms with Crippen molar-refractivity contribution in [2.24, 2.45) is 0 Å². The summed E-state index contributed by atoms with van der Waals surface area (Å²) in [6, 6.07) is 7.49. The summed E-state index contributed by atoms with van der Waals surface area (Å²) in [5.41, 5.74) is 1.44. The molecule has 0 unspecified atom stereocenters. The highest BCUT2D eigenvalue weighted by atomic mass is 32.2. The largest absolute Gasteiger partial charge is 0.325 e. The van der Waals surface area contributed by atoms with Crippen LogP contribution in [0.25, 0.3) is 11.4 Å². The molecular formula is C14H18N6O3S. The SMILES string of the molecule is CN(CC(=O)Nc1ccc(-c2nnnn2C2CC2)cc1)S(C)(=O)=O. The van der Waals surface area contributed by atoms with Crippen molar-refractivity contribution in [3.05, 3.63) is 24.3 Å². The van der Waals surface area contributed by atoms with Crippen molar-refractivity contribution in [2.75, 3.05) is 25.2 Å². The van der Waals surface area contributed by atoms with Crippen molar-refractivity contribution in [3.8, 4) is 11.4 Å². The number of rotatable bonds is 6. The number of anilines is 1. The minimum absolute atomic E-state index is 0.236. The van der Waals surface area contributed by atoms with E-state index >= 15 is 0 Å². The van der Waals surface area contributed by atoms with Crippen molar-refractivity contribution in [2.45, 2.75) is 18.9 Å². The van der Waals surface area contributed by atoms with E-state index in [1.807, 2.05) is 16.8 Å². The number of sulfonamides is 1. The summed E-state index contributed by atoms with van der Waals surface area (Å²) in [5, 5.41) is 14.4. The zero-order chi connectivity index (χ0) is 17.3. The Morgan fingerprint density at radius 2 is 2.00 bits per heavy atom. The summed E-state index contributed by atoms with van der Waals surface area (Å²) in [5.74, 6) is 0.297. The van der Waals surface area contributed by atoms with Crippen LogP contribution in [0.15, 0.2) is 24.3 Å². The Balaban J connectivity index is 1.66. The van der Waals surface area contributed by atoms with Gasteiger partial charge in [0.25, 0.3) is 0 Å². The third kappa shape index (κ3) is 3.77. The Bertz CT molecular complexity index is 842. The van der Waals surface area contributed by atoms with Gasteiger partial charge in [-0.3, -0.25) is 4.79 Å². The Morgan fingerprint density at radius 3 is 2.58 bits per heavy atom. The first-order valence-electron chi connectivity index (χ1n) is 7.44. The van der Waals surface area contributed by atoms with Crippen molar-refractivity contribution < 1.29 is 13.2 Å². The maximum absolute atomic E-state index is 11.9. The van der Waals surface area contributed by atoms with Gasteiger partial charge in [0.05, 0.1) is 18.8 Å². The molecule has 1 fully saturated rings. The van der Waals surface area contributed by atoms with E-state index in [1.165, 1.54) is 7.05 Å². The van der Waals surface area contributed by atoms with E-state index in [4.69, 9.17) is 0 Å². The zero-order valence-corrected chi connectivity index (χ0v) is 14.2. The first kappa shape index (κ1) is 16.5. The quantitative estimate of drug-likeness (QED) is 0.812. The maximum Gasteiger partial charge on any atom is 0.239 e. The minimum Gasteiger partial charge on any atom is -0.325 e. The lowest BCUT2D eigenvalue weighted by molar-refractivity contribution is -0.116. The highest BCUT2D eigenvalue weighted by molar-refractivity contribution is 7.88. The fraction of sp³-hybridized carbons (Fsp3) is 0.429. The molecule has 0 atom stereocenters. The van der Waals surface area contributed by atoms with Crippen molar-refractivity contribution in [1.82, 2.24) is 24.5 Å². The van der Waals surface area contributed by atoms with Gasteiger partial charge >= 0.3 is 0 Å². The zero-order valence-electron chi connectivity index (χ0n) is 13.4. The highest BCUT2D eigenvalue weighted by Gasteiger charge is 2.28. The first-order chi connectivity index (χ1) is 11.3. The molecule has 1 aromatic carbocycles. The topological polar surface area (TPSA) is 110 Å². The van der Waals surface area contributed by atoms with E-state index in [0.717, 1.165) is 29.0 Å². The maximum atomic E-state index is 11.9. The van der Waals surface area contributed by atoms with Gasteiger partial charge in [-0.05, 0) is 47.5 Å². The summed E-state index contributed by atoms with van der Waals surface area (Å²) >= 11 is 0. The Hall–Kier alpha value is -2.33. The minimum atomic E-state index is -3.39. The van der Waals surface area contributed by atoms with Gasteiger partial charge in [0, 0.05) is 18.3 Å². The van der Waals surface area contributed by atoms with Crippen LogP contribution in [-0.2, 0) is 14.8 Å². The summed E-state index contributed by atoms with van der Waals surface area (Å²) in [6.07, 6.45) is 3.22. The van der Waals surface area contributed by atoms with Crippen LogP contribution in [0, 0.1) is 0 Å². The summed E-state index contributed by atoms with van der Waals surface area (Å²) in [6.45, 7) is -0.236. The molecule has 10 heteroatoms. The highest BCUT2D eigenvalue weighted by Crippen LogP contribution is 2.36. The number of aromatic nitrogens is 4. The van der Waals surface area contributed by atoms with Crippen LogP contribution in [0.2, 0.25) is 0 Å². The van der Waals surface area contributed by atoms with Gasteiger partial charge in [0.2, 0.25) is 15.9 Å². The molecular weight excluding hydrogens is 332 g/mol. The number of nitrogens with zero attached hydrogens (tertiary/aromatic N) is 5. The molecule has 0 saturated heterocycles. The lowest BCUT2D eigenvalue weighted by atomic mass is 10.2. The predicted octanol–water partition coefficient (Wildman–Crippen LogP) is 0.505. The summed E-state index contributed by atoms with van der Waals surface area (Å²) in [7, 11) is -2.03. The molecule has 1 N–H and O–H groups in total. The Morgan fingerprint density at radius 1 is 1.33 bits per heavy atom. The van der Waals surface area contributed by atoms with Crippen molar-refractivity contribution in [1.29, 1.82) is 0 Å². The molecule has 24 heavy (non-hydrogen) atoms. The number of hydrogen-bond donors (Lipinski definition) is 1. The van der Waals surface area contributed by atoms with Crippen LogP contribution >= 0.6 is 0 Å². The number of nitrogens with one attached hydrogen (secondary N) is 1. The Kier molecular flexibility index (Phi) is 4.33. The predicted molar refractivity (Wildman–Crippen MR) is 87.6 cm³/mol. The average Bonchev–Trinajstić information content (AvgIpc) is 3.24. The molecule has 1 heterocycles. The molecule has 9 nitrogen and oxygen atoms in total. The number of carbonyl (C=O) groups excluding carboxylic acids is 1. The van der Waals surface area contributed by atoms with Gasteiger partial charge < -0.3 is 5.32 Å². The second-order valence-electron chi connectivity index (χ2n) is 5.82. The number of benzene rings is 1. The smallest absolute Gasteiger partial charge is 0.239 e. The lowest BCUT2D eigenvalue weighted by Gasteiger charge is -2.13. The molecule has 1 amide bonds. The fourth-order valence-electron chi connectivity index (χ4n) is 2.17. The molecule has 1 aromatic heterocycles. The van der Waals surface area contributed by atoms with Gasteiger partial charge in [0.1, 0.15) is 0 Å². The summed E-state index contributed by atoms with van der Waals surface area (Å²) in [4.78, 5) is 11.9. The van der Waals surface area contributed by atoms with Gasteiger partial charge in [0.15, 0.2) is 5.82 Å². The monoisotopic (exact) mass is 350 g/mol. The molecule has 1 aliphatic carbocycles. The van der Waals surface area contributed by atoms with E-state index in [1.54, 1.807) is 12.1 Å². The molecule has 128 valence electrons.